The number of rotatable bonds is 13. The van der Waals surface area contributed by atoms with E-state index in [1.807, 2.05) is 30.3 Å². The Morgan fingerprint density at radius 3 is 2.33 bits per heavy atom. The molecule has 7 nitrogen and oxygen atoms in total. The fraction of sp³-hybridized carbons (Fsp3) is 0.286. The van der Waals surface area contributed by atoms with Crippen LogP contribution in [0.3, 0.4) is 0 Å². The van der Waals surface area contributed by atoms with Crippen LogP contribution in [0.15, 0.2) is 83.8 Å². The van der Waals surface area contributed by atoms with E-state index in [2.05, 4.69) is 17.0 Å². The molecule has 2 N–H and O–H groups in total. The number of hydrogen-bond acceptors (Lipinski definition) is 5. The van der Waals surface area contributed by atoms with Gasteiger partial charge in [-0.2, -0.15) is 0 Å². The van der Waals surface area contributed by atoms with E-state index in [0.29, 0.717) is 24.3 Å². The van der Waals surface area contributed by atoms with Crippen LogP contribution in [-0.4, -0.2) is 20.2 Å². The second-order valence-corrected chi connectivity index (χ2v) is 10.1. The molecule has 3 rings (SSSR count). The first-order chi connectivity index (χ1) is 17.4. The van der Waals surface area contributed by atoms with Crippen molar-refractivity contribution in [3.63, 3.8) is 0 Å². The summed E-state index contributed by atoms with van der Waals surface area (Å²) < 4.78 is 33.7. The maximum atomic E-state index is 12.9. The zero-order chi connectivity index (χ0) is 25.8. The standard InChI is InChI=1S/C28H32N2O5S/c1-2-3-4-5-9-19-27(31)30-36(33,34)26-18-11-10-17-25(26)29-28(32)23-15-12-16-24(20-23)35-21-22-13-7-6-8-14-22/h6-8,10-18,20H,2-5,9,19,21H2,1H3,(H,29,32)(H,30,31). The highest BCUT2D eigenvalue weighted by Gasteiger charge is 2.22. The zero-order valence-corrected chi connectivity index (χ0v) is 21.2. The molecule has 0 aliphatic rings. The first-order valence-corrected chi connectivity index (χ1v) is 13.6. The van der Waals surface area contributed by atoms with Crippen LogP contribution in [0.1, 0.15) is 61.4 Å². The van der Waals surface area contributed by atoms with Gasteiger partial charge in [-0.25, -0.2) is 13.1 Å². The van der Waals surface area contributed by atoms with E-state index in [1.165, 1.54) is 18.2 Å². The number of amides is 2. The van der Waals surface area contributed by atoms with Gasteiger partial charge >= 0.3 is 0 Å². The number of ether oxygens (including phenoxy) is 1. The third-order valence-electron chi connectivity index (χ3n) is 5.52. The highest BCUT2D eigenvalue weighted by atomic mass is 32.2. The second kappa shape index (κ2) is 13.4. The Bertz CT molecular complexity index is 1260. The number of carbonyl (C=O) groups excluding carboxylic acids is 2. The maximum absolute atomic E-state index is 12.9. The summed E-state index contributed by atoms with van der Waals surface area (Å²) in [6.07, 6.45) is 4.84. The molecule has 190 valence electrons. The summed E-state index contributed by atoms with van der Waals surface area (Å²) >= 11 is 0. The van der Waals surface area contributed by atoms with Gasteiger partial charge in [-0.1, -0.05) is 81.1 Å². The smallest absolute Gasteiger partial charge is 0.266 e. The van der Waals surface area contributed by atoms with Gasteiger partial charge in [0.15, 0.2) is 0 Å². The molecule has 8 heteroatoms. The van der Waals surface area contributed by atoms with Crippen molar-refractivity contribution in [2.24, 2.45) is 0 Å². The highest BCUT2D eigenvalue weighted by molar-refractivity contribution is 7.90. The van der Waals surface area contributed by atoms with Gasteiger partial charge in [0.05, 0.1) is 5.69 Å². The number of benzene rings is 3. The van der Waals surface area contributed by atoms with Crippen LogP contribution < -0.4 is 14.8 Å². The van der Waals surface area contributed by atoms with E-state index in [0.717, 1.165) is 31.2 Å². The van der Waals surface area contributed by atoms with Crippen molar-refractivity contribution >= 4 is 27.5 Å². The fourth-order valence-electron chi connectivity index (χ4n) is 3.61. The number of nitrogens with one attached hydrogen (secondary N) is 2. The van der Waals surface area contributed by atoms with Crippen LogP contribution in [-0.2, 0) is 21.4 Å². The molecular weight excluding hydrogens is 476 g/mol. The summed E-state index contributed by atoms with van der Waals surface area (Å²) in [5.41, 5.74) is 1.39. The van der Waals surface area contributed by atoms with Crippen LogP contribution in [0.2, 0.25) is 0 Å². The largest absolute Gasteiger partial charge is 0.489 e. The Labute approximate surface area is 212 Å². The molecule has 3 aromatic carbocycles. The average Bonchev–Trinajstić information content (AvgIpc) is 2.88. The second-order valence-electron chi connectivity index (χ2n) is 8.45. The lowest BCUT2D eigenvalue weighted by molar-refractivity contribution is -0.119. The van der Waals surface area contributed by atoms with Gasteiger partial charge in [0.2, 0.25) is 5.91 Å². The molecule has 0 saturated heterocycles. The lowest BCUT2D eigenvalue weighted by atomic mass is 10.1. The predicted molar refractivity (Wildman–Crippen MR) is 140 cm³/mol. The van der Waals surface area contributed by atoms with Crippen molar-refractivity contribution in [1.29, 1.82) is 0 Å². The Hall–Kier alpha value is -3.65. The summed E-state index contributed by atoms with van der Waals surface area (Å²) in [4.78, 5) is 25.0. The normalized spacial score (nSPS) is 11.0. The first-order valence-electron chi connectivity index (χ1n) is 12.1. The monoisotopic (exact) mass is 508 g/mol. The van der Waals surface area contributed by atoms with Gasteiger partial charge in [0.1, 0.15) is 17.3 Å². The fourth-order valence-corrected chi connectivity index (χ4v) is 4.79. The molecule has 2 amide bonds. The number of unbranched alkanes of at least 4 members (excludes halogenated alkanes) is 4. The minimum Gasteiger partial charge on any atom is -0.489 e. The lowest BCUT2D eigenvalue weighted by Crippen LogP contribution is -2.31. The molecule has 0 atom stereocenters. The van der Waals surface area contributed by atoms with Crippen molar-refractivity contribution in [3.05, 3.63) is 90.0 Å². The molecule has 0 spiro atoms. The van der Waals surface area contributed by atoms with E-state index in [-0.39, 0.29) is 17.0 Å². The third-order valence-corrected chi connectivity index (χ3v) is 6.96. The van der Waals surface area contributed by atoms with E-state index in [1.54, 1.807) is 30.3 Å². The highest BCUT2D eigenvalue weighted by Crippen LogP contribution is 2.23. The summed E-state index contributed by atoms with van der Waals surface area (Å²) in [6, 6.07) is 22.3. The van der Waals surface area contributed by atoms with E-state index in [4.69, 9.17) is 4.74 Å². The van der Waals surface area contributed by atoms with Crippen molar-refractivity contribution in [2.45, 2.75) is 57.0 Å². The van der Waals surface area contributed by atoms with Crippen molar-refractivity contribution in [3.8, 4) is 5.75 Å². The number of anilines is 1. The molecule has 3 aromatic rings. The lowest BCUT2D eigenvalue weighted by Gasteiger charge is -2.13. The van der Waals surface area contributed by atoms with Crippen LogP contribution in [0.5, 0.6) is 5.75 Å². The Morgan fingerprint density at radius 2 is 1.56 bits per heavy atom. The molecule has 0 unspecified atom stereocenters. The summed E-state index contributed by atoms with van der Waals surface area (Å²) in [5, 5.41) is 2.65. The van der Waals surface area contributed by atoms with Crippen LogP contribution in [0.25, 0.3) is 0 Å². The summed E-state index contributed by atoms with van der Waals surface area (Å²) in [6.45, 7) is 2.46. The minimum atomic E-state index is -4.15. The van der Waals surface area contributed by atoms with E-state index in [9.17, 15) is 18.0 Å². The van der Waals surface area contributed by atoms with Crippen LogP contribution >= 0.6 is 0 Å². The molecule has 0 heterocycles. The van der Waals surface area contributed by atoms with Crippen molar-refractivity contribution in [2.75, 3.05) is 5.32 Å². The molecule has 0 bridgehead atoms. The summed E-state index contributed by atoms with van der Waals surface area (Å²) in [7, 11) is -4.15. The van der Waals surface area contributed by atoms with Gasteiger partial charge in [-0.15, -0.1) is 0 Å². The third kappa shape index (κ3) is 8.23. The maximum Gasteiger partial charge on any atom is 0.266 e. The van der Waals surface area contributed by atoms with Gasteiger partial charge in [-0.05, 0) is 42.3 Å². The van der Waals surface area contributed by atoms with E-state index < -0.39 is 21.8 Å². The molecular formula is C28H32N2O5S. The molecule has 0 saturated carbocycles. The quantitative estimate of drug-likeness (QED) is 0.289. The summed E-state index contributed by atoms with van der Waals surface area (Å²) in [5.74, 6) is -0.542. The Morgan fingerprint density at radius 1 is 0.833 bits per heavy atom. The van der Waals surface area contributed by atoms with Crippen molar-refractivity contribution < 1.29 is 22.7 Å². The zero-order valence-electron chi connectivity index (χ0n) is 20.4. The number of sulfonamides is 1. The molecule has 0 aromatic heterocycles. The predicted octanol–water partition coefficient (Wildman–Crippen LogP) is 5.68. The van der Waals surface area contributed by atoms with Crippen LogP contribution in [0, 0.1) is 0 Å². The van der Waals surface area contributed by atoms with Gasteiger partial charge < -0.3 is 10.1 Å². The first kappa shape index (κ1) is 26.9. The van der Waals surface area contributed by atoms with Crippen molar-refractivity contribution in [1.82, 2.24) is 4.72 Å². The Kier molecular flexibility index (Phi) is 10.1. The van der Waals surface area contributed by atoms with E-state index >= 15 is 0 Å². The topological polar surface area (TPSA) is 102 Å². The van der Waals surface area contributed by atoms with Crippen LogP contribution in [0.4, 0.5) is 5.69 Å². The number of carbonyl (C=O) groups is 2. The minimum absolute atomic E-state index is 0.0846. The molecule has 36 heavy (non-hydrogen) atoms. The molecule has 0 radical (unpaired) electrons. The average molecular weight is 509 g/mol. The van der Waals surface area contributed by atoms with Gasteiger partial charge in [-0.3, -0.25) is 9.59 Å². The van der Waals surface area contributed by atoms with Gasteiger partial charge in [0.25, 0.3) is 15.9 Å². The number of para-hydroxylation sites is 1. The molecule has 0 aliphatic heterocycles. The van der Waals surface area contributed by atoms with Gasteiger partial charge in [0, 0.05) is 12.0 Å². The Balaban J connectivity index is 1.65. The molecule has 0 fully saturated rings. The SMILES string of the molecule is CCCCCCCC(=O)NS(=O)(=O)c1ccccc1NC(=O)c1cccc(OCc2ccccc2)c1. The molecule has 0 aliphatic carbocycles. The number of hydrogen-bond donors (Lipinski definition) is 2.